The minimum absolute atomic E-state index is 0.0471. The Bertz CT molecular complexity index is 432. The Hall–Kier alpha value is -1.81. The zero-order valence-electron chi connectivity index (χ0n) is 11.9. The van der Waals surface area contributed by atoms with Crippen LogP contribution in [0.2, 0.25) is 0 Å². The van der Waals surface area contributed by atoms with Gasteiger partial charge in [-0.1, -0.05) is 33.8 Å². The highest BCUT2D eigenvalue weighted by atomic mass is 16.3. The second-order valence-electron chi connectivity index (χ2n) is 4.24. The summed E-state index contributed by atoms with van der Waals surface area (Å²) in [6.07, 6.45) is 3.25. The topological polar surface area (TPSA) is 58.9 Å². The first-order chi connectivity index (χ1) is 9.15. The van der Waals surface area contributed by atoms with Crippen molar-refractivity contribution in [3.63, 3.8) is 0 Å². The van der Waals surface area contributed by atoms with Gasteiger partial charge in [-0.25, -0.2) is 0 Å². The average Bonchev–Trinajstić information content (AvgIpc) is 2.50. The van der Waals surface area contributed by atoms with E-state index in [1.54, 1.807) is 30.6 Å². The molecule has 0 amide bonds. The Morgan fingerprint density at radius 2 is 1.68 bits per heavy atom. The smallest absolute Gasteiger partial charge is 0.152 e. The van der Waals surface area contributed by atoms with Gasteiger partial charge in [-0.3, -0.25) is 4.98 Å². The molecule has 2 heterocycles. The molecule has 19 heavy (non-hydrogen) atoms. The molecular formula is C15H21N3O. The minimum Gasteiger partial charge on any atom is -0.377 e. The summed E-state index contributed by atoms with van der Waals surface area (Å²) in [5, 5.41) is 18.7. The molecule has 0 aliphatic heterocycles. The van der Waals surface area contributed by atoms with E-state index < -0.39 is 5.60 Å². The van der Waals surface area contributed by atoms with Crippen molar-refractivity contribution >= 4 is 0 Å². The summed E-state index contributed by atoms with van der Waals surface area (Å²) in [6.45, 7) is 7.87. The molecule has 0 saturated heterocycles. The van der Waals surface area contributed by atoms with Crippen LogP contribution in [0.15, 0.2) is 42.7 Å². The van der Waals surface area contributed by atoms with E-state index in [0.717, 1.165) is 0 Å². The molecule has 1 unspecified atom stereocenters. The van der Waals surface area contributed by atoms with Crippen molar-refractivity contribution in [3.05, 3.63) is 54.1 Å². The zero-order chi connectivity index (χ0) is 14.3. The number of aliphatic hydroxyl groups is 1. The van der Waals surface area contributed by atoms with Gasteiger partial charge in [-0.15, -0.1) is 0 Å². The molecule has 0 aliphatic carbocycles. The third-order valence-electron chi connectivity index (χ3n) is 2.85. The van der Waals surface area contributed by atoms with E-state index in [-0.39, 0.29) is 5.92 Å². The molecule has 2 rings (SSSR count). The van der Waals surface area contributed by atoms with Crippen LogP contribution in [0.3, 0.4) is 0 Å². The van der Waals surface area contributed by atoms with Crippen LogP contribution in [0.5, 0.6) is 0 Å². The molecule has 2 aromatic rings. The Balaban J connectivity index is 0.000000861. The Morgan fingerprint density at radius 1 is 1.00 bits per heavy atom. The maximum absolute atomic E-state index is 10.9. The fraction of sp³-hybridized carbons (Fsp3) is 0.400. The van der Waals surface area contributed by atoms with E-state index in [0.29, 0.717) is 11.4 Å². The van der Waals surface area contributed by atoms with Crippen LogP contribution in [0, 0.1) is 5.92 Å². The molecule has 102 valence electrons. The van der Waals surface area contributed by atoms with Crippen LogP contribution in [-0.2, 0) is 5.60 Å². The lowest BCUT2D eigenvalue weighted by atomic mass is 9.83. The van der Waals surface area contributed by atoms with Crippen molar-refractivity contribution in [3.8, 4) is 0 Å². The highest BCUT2D eigenvalue weighted by Crippen LogP contribution is 2.33. The molecular weight excluding hydrogens is 238 g/mol. The van der Waals surface area contributed by atoms with E-state index in [2.05, 4.69) is 15.2 Å². The fourth-order valence-corrected chi connectivity index (χ4v) is 1.82. The lowest BCUT2D eigenvalue weighted by Crippen LogP contribution is -2.35. The Kier molecular flexibility index (Phi) is 5.57. The van der Waals surface area contributed by atoms with Gasteiger partial charge >= 0.3 is 0 Å². The molecule has 0 aliphatic rings. The average molecular weight is 259 g/mol. The van der Waals surface area contributed by atoms with Gasteiger partial charge < -0.3 is 5.11 Å². The number of pyridine rings is 1. The van der Waals surface area contributed by atoms with Crippen LogP contribution in [0.4, 0.5) is 0 Å². The van der Waals surface area contributed by atoms with Crippen LogP contribution >= 0.6 is 0 Å². The standard InChI is InChI=1S/C13H15N3O.C2H6/c1-10(2)13(17,11-6-3-4-8-14-11)12-7-5-9-15-16-12;1-2/h3-10,17H,1-2H3;1-2H3. The maximum atomic E-state index is 10.9. The first-order valence-corrected chi connectivity index (χ1v) is 6.57. The molecule has 1 atom stereocenters. The number of hydrogen-bond donors (Lipinski definition) is 1. The molecule has 0 spiro atoms. The van der Waals surface area contributed by atoms with Crippen molar-refractivity contribution in [2.75, 3.05) is 0 Å². The molecule has 4 heteroatoms. The SMILES string of the molecule is CC.CC(C)C(O)(c1ccccn1)c1cccnn1. The van der Waals surface area contributed by atoms with Crippen molar-refractivity contribution in [1.82, 2.24) is 15.2 Å². The maximum Gasteiger partial charge on any atom is 0.152 e. The van der Waals surface area contributed by atoms with E-state index in [9.17, 15) is 5.11 Å². The molecule has 0 fully saturated rings. The summed E-state index contributed by atoms with van der Waals surface area (Å²) < 4.78 is 0. The highest BCUT2D eigenvalue weighted by Gasteiger charge is 2.38. The molecule has 1 N–H and O–H groups in total. The first-order valence-electron chi connectivity index (χ1n) is 6.57. The normalized spacial score (nSPS) is 13.4. The fourth-order valence-electron chi connectivity index (χ4n) is 1.82. The second-order valence-corrected chi connectivity index (χ2v) is 4.24. The van der Waals surface area contributed by atoms with E-state index >= 15 is 0 Å². The molecule has 0 aromatic carbocycles. The Morgan fingerprint density at radius 3 is 2.16 bits per heavy atom. The molecule has 0 saturated carbocycles. The second kappa shape index (κ2) is 6.95. The summed E-state index contributed by atoms with van der Waals surface area (Å²) in [5.41, 5.74) is -0.0839. The lowest BCUT2D eigenvalue weighted by molar-refractivity contribution is 0.0225. The summed E-state index contributed by atoms with van der Waals surface area (Å²) in [4.78, 5) is 4.23. The summed E-state index contributed by atoms with van der Waals surface area (Å²) in [7, 11) is 0. The van der Waals surface area contributed by atoms with E-state index in [1.165, 1.54) is 0 Å². The number of nitrogens with zero attached hydrogens (tertiary/aromatic N) is 3. The van der Waals surface area contributed by atoms with Crippen LogP contribution in [-0.4, -0.2) is 20.3 Å². The molecule has 0 radical (unpaired) electrons. The van der Waals surface area contributed by atoms with Crippen LogP contribution in [0.1, 0.15) is 39.1 Å². The molecule has 2 aromatic heterocycles. The van der Waals surface area contributed by atoms with Crippen molar-refractivity contribution in [1.29, 1.82) is 0 Å². The van der Waals surface area contributed by atoms with E-state index in [4.69, 9.17) is 0 Å². The summed E-state index contributed by atoms with van der Waals surface area (Å²) in [5.74, 6) is -0.0471. The molecule has 0 bridgehead atoms. The Labute approximate surface area is 114 Å². The quantitative estimate of drug-likeness (QED) is 0.920. The van der Waals surface area contributed by atoms with Crippen molar-refractivity contribution < 1.29 is 5.11 Å². The number of hydrogen-bond acceptors (Lipinski definition) is 4. The predicted octanol–water partition coefficient (Wildman–Crippen LogP) is 2.79. The number of rotatable bonds is 3. The van der Waals surface area contributed by atoms with Gasteiger partial charge in [-0.2, -0.15) is 10.2 Å². The summed E-state index contributed by atoms with van der Waals surface area (Å²) in [6, 6.07) is 9.00. The highest BCUT2D eigenvalue weighted by molar-refractivity contribution is 5.26. The van der Waals surface area contributed by atoms with Crippen molar-refractivity contribution in [2.45, 2.75) is 33.3 Å². The largest absolute Gasteiger partial charge is 0.377 e. The van der Waals surface area contributed by atoms with E-state index in [1.807, 2.05) is 39.8 Å². The monoisotopic (exact) mass is 259 g/mol. The van der Waals surface area contributed by atoms with Gasteiger partial charge in [0.05, 0.1) is 5.69 Å². The number of aromatic nitrogens is 3. The lowest BCUT2D eigenvalue weighted by Gasteiger charge is -2.30. The van der Waals surface area contributed by atoms with Crippen molar-refractivity contribution in [2.24, 2.45) is 5.92 Å². The third-order valence-corrected chi connectivity index (χ3v) is 2.85. The third kappa shape index (κ3) is 3.15. The van der Waals surface area contributed by atoms with Gasteiger partial charge in [0.25, 0.3) is 0 Å². The van der Waals surface area contributed by atoms with Gasteiger partial charge in [0.2, 0.25) is 0 Å². The zero-order valence-corrected chi connectivity index (χ0v) is 11.9. The van der Waals surface area contributed by atoms with Gasteiger partial charge in [0.1, 0.15) is 5.69 Å². The predicted molar refractivity (Wildman–Crippen MR) is 75.5 cm³/mol. The molecule has 4 nitrogen and oxygen atoms in total. The minimum atomic E-state index is -1.20. The van der Waals surface area contributed by atoms with Gasteiger partial charge in [-0.05, 0) is 30.2 Å². The van der Waals surface area contributed by atoms with Crippen LogP contribution < -0.4 is 0 Å². The van der Waals surface area contributed by atoms with Gasteiger partial charge in [0, 0.05) is 12.4 Å². The van der Waals surface area contributed by atoms with Crippen LogP contribution in [0.25, 0.3) is 0 Å². The first kappa shape index (κ1) is 15.2. The van der Waals surface area contributed by atoms with Gasteiger partial charge in [0.15, 0.2) is 5.60 Å². The summed E-state index contributed by atoms with van der Waals surface area (Å²) >= 11 is 0.